The number of hydrogen-bond acceptors (Lipinski definition) is 3. The van der Waals surface area contributed by atoms with E-state index in [4.69, 9.17) is 0 Å². The fraction of sp³-hybridized carbons (Fsp3) is 0.579. The first-order valence-corrected chi connectivity index (χ1v) is 9.16. The van der Waals surface area contributed by atoms with Crippen LogP contribution in [0, 0.1) is 6.92 Å². The second-order valence-corrected chi connectivity index (χ2v) is 7.08. The van der Waals surface area contributed by atoms with Crippen molar-refractivity contribution in [3.8, 4) is 0 Å². The van der Waals surface area contributed by atoms with Gasteiger partial charge in [0.15, 0.2) is 0 Å². The molecule has 1 N–H and O–H groups in total. The van der Waals surface area contributed by atoms with Crippen LogP contribution in [-0.2, 0) is 11.3 Å². The van der Waals surface area contributed by atoms with Crippen LogP contribution in [0.15, 0.2) is 24.3 Å². The van der Waals surface area contributed by atoms with E-state index in [0.29, 0.717) is 13.2 Å². The number of amides is 3. The van der Waals surface area contributed by atoms with E-state index in [0.717, 1.165) is 32.5 Å². The maximum absolute atomic E-state index is 12.4. The van der Waals surface area contributed by atoms with Gasteiger partial charge >= 0.3 is 6.03 Å². The number of benzene rings is 1. The van der Waals surface area contributed by atoms with Gasteiger partial charge in [0.1, 0.15) is 6.54 Å². The molecule has 1 aromatic carbocycles. The van der Waals surface area contributed by atoms with Gasteiger partial charge in [0, 0.05) is 32.2 Å². The van der Waals surface area contributed by atoms with Crippen LogP contribution in [0.2, 0.25) is 0 Å². The van der Waals surface area contributed by atoms with Crippen molar-refractivity contribution in [1.82, 2.24) is 20.0 Å². The van der Waals surface area contributed by atoms with E-state index in [1.165, 1.54) is 11.1 Å². The van der Waals surface area contributed by atoms with Crippen LogP contribution in [0.3, 0.4) is 0 Å². The minimum atomic E-state index is -0.110. The lowest BCUT2D eigenvalue weighted by molar-refractivity contribution is -0.126. The van der Waals surface area contributed by atoms with E-state index in [1.807, 2.05) is 6.92 Å². The van der Waals surface area contributed by atoms with Gasteiger partial charge in [-0.05, 0) is 32.3 Å². The first kappa shape index (κ1) is 17.7. The smallest absolute Gasteiger partial charge is 0.319 e. The third-order valence-corrected chi connectivity index (χ3v) is 5.09. The molecule has 0 aromatic heterocycles. The fourth-order valence-corrected chi connectivity index (χ4v) is 3.58. The van der Waals surface area contributed by atoms with E-state index in [9.17, 15) is 9.59 Å². The highest BCUT2D eigenvalue weighted by Crippen LogP contribution is 2.15. The minimum absolute atomic E-state index is 0.0330. The molecule has 2 fully saturated rings. The Morgan fingerprint density at radius 1 is 1.28 bits per heavy atom. The zero-order valence-corrected chi connectivity index (χ0v) is 15.2. The highest BCUT2D eigenvalue weighted by molar-refractivity contribution is 5.87. The van der Waals surface area contributed by atoms with Crippen LogP contribution in [0.4, 0.5) is 4.79 Å². The van der Waals surface area contributed by atoms with Crippen LogP contribution in [0.5, 0.6) is 0 Å². The Labute approximate surface area is 149 Å². The third kappa shape index (κ3) is 4.51. The lowest BCUT2D eigenvalue weighted by atomic mass is 10.0. The first-order chi connectivity index (χ1) is 12.0. The summed E-state index contributed by atoms with van der Waals surface area (Å²) in [5.41, 5.74) is 2.64. The number of hydrogen-bond donors (Lipinski definition) is 1. The molecule has 6 heteroatoms. The second kappa shape index (κ2) is 7.87. The maximum Gasteiger partial charge on any atom is 0.319 e. The van der Waals surface area contributed by atoms with Gasteiger partial charge in [-0.1, -0.05) is 29.8 Å². The van der Waals surface area contributed by atoms with Crippen LogP contribution < -0.4 is 5.32 Å². The van der Waals surface area contributed by atoms with E-state index in [-0.39, 0.29) is 24.5 Å². The molecule has 136 valence electrons. The van der Waals surface area contributed by atoms with Crippen LogP contribution >= 0.6 is 0 Å². The van der Waals surface area contributed by atoms with Gasteiger partial charge in [0.25, 0.3) is 0 Å². The SMILES string of the molecule is CCN1CN(C(=O)NC2CCN(Cc3cccc(C)c3)CC2)CC1=O. The van der Waals surface area contributed by atoms with Gasteiger partial charge in [-0.2, -0.15) is 0 Å². The molecule has 2 heterocycles. The number of urea groups is 1. The number of carbonyl (C=O) groups is 2. The predicted octanol–water partition coefficient (Wildman–Crippen LogP) is 1.79. The molecule has 1 aromatic rings. The molecule has 6 nitrogen and oxygen atoms in total. The summed E-state index contributed by atoms with van der Waals surface area (Å²) in [6, 6.07) is 8.72. The number of aryl methyl sites for hydroxylation is 1. The summed E-state index contributed by atoms with van der Waals surface area (Å²) in [5.74, 6) is 0.0330. The molecule has 0 spiro atoms. The van der Waals surface area contributed by atoms with Crippen LogP contribution in [-0.4, -0.2) is 65.5 Å². The largest absolute Gasteiger partial charge is 0.335 e. The number of piperidine rings is 1. The van der Waals surface area contributed by atoms with Crippen molar-refractivity contribution in [2.24, 2.45) is 0 Å². The Balaban J connectivity index is 1.43. The number of nitrogens with zero attached hydrogens (tertiary/aromatic N) is 3. The maximum atomic E-state index is 12.4. The normalized spacial score (nSPS) is 19.5. The number of nitrogens with one attached hydrogen (secondary N) is 1. The summed E-state index contributed by atoms with van der Waals surface area (Å²) in [7, 11) is 0. The van der Waals surface area contributed by atoms with Gasteiger partial charge in [0.2, 0.25) is 5.91 Å². The number of carbonyl (C=O) groups excluding carboxylic acids is 2. The van der Waals surface area contributed by atoms with Crippen molar-refractivity contribution in [3.05, 3.63) is 35.4 Å². The molecule has 3 rings (SSSR count). The molecule has 0 aliphatic carbocycles. The van der Waals surface area contributed by atoms with E-state index in [1.54, 1.807) is 9.80 Å². The Bertz CT molecular complexity index is 626. The van der Waals surface area contributed by atoms with Gasteiger partial charge in [-0.15, -0.1) is 0 Å². The van der Waals surface area contributed by atoms with Gasteiger partial charge in [-0.3, -0.25) is 14.6 Å². The zero-order chi connectivity index (χ0) is 17.8. The van der Waals surface area contributed by atoms with Crippen LogP contribution in [0.1, 0.15) is 30.9 Å². The molecule has 2 aliphatic heterocycles. The van der Waals surface area contributed by atoms with Crippen molar-refractivity contribution in [2.45, 2.75) is 39.3 Å². The molecule has 0 unspecified atom stereocenters. The lowest BCUT2D eigenvalue weighted by Gasteiger charge is -2.33. The summed E-state index contributed by atoms with van der Waals surface area (Å²) < 4.78 is 0. The Kier molecular flexibility index (Phi) is 5.58. The molecule has 0 atom stereocenters. The van der Waals surface area contributed by atoms with Crippen molar-refractivity contribution in [1.29, 1.82) is 0 Å². The van der Waals surface area contributed by atoms with E-state index in [2.05, 4.69) is 41.4 Å². The van der Waals surface area contributed by atoms with E-state index >= 15 is 0 Å². The molecular weight excluding hydrogens is 316 g/mol. The molecule has 0 radical (unpaired) electrons. The quantitative estimate of drug-likeness (QED) is 0.906. The minimum Gasteiger partial charge on any atom is -0.335 e. The monoisotopic (exact) mass is 344 g/mol. The summed E-state index contributed by atoms with van der Waals surface area (Å²) in [4.78, 5) is 29.8. The fourth-order valence-electron chi connectivity index (χ4n) is 3.58. The average Bonchev–Trinajstić information content (AvgIpc) is 2.98. The Morgan fingerprint density at radius 2 is 2.04 bits per heavy atom. The molecular formula is C19H28N4O2. The van der Waals surface area contributed by atoms with Gasteiger partial charge in [-0.25, -0.2) is 4.79 Å². The highest BCUT2D eigenvalue weighted by atomic mass is 16.2. The van der Waals surface area contributed by atoms with Crippen molar-refractivity contribution < 1.29 is 9.59 Å². The molecule has 2 aliphatic rings. The van der Waals surface area contributed by atoms with Crippen molar-refractivity contribution >= 4 is 11.9 Å². The number of rotatable bonds is 4. The summed E-state index contributed by atoms with van der Waals surface area (Å²) in [5, 5.41) is 3.10. The zero-order valence-electron chi connectivity index (χ0n) is 15.2. The number of likely N-dealkylation sites (tertiary alicyclic amines) is 1. The highest BCUT2D eigenvalue weighted by Gasteiger charge is 2.31. The topological polar surface area (TPSA) is 55.9 Å². The predicted molar refractivity (Wildman–Crippen MR) is 97.0 cm³/mol. The van der Waals surface area contributed by atoms with Crippen molar-refractivity contribution in [2.75, 3.05) is 32.8 Å². The molecule has 0 bridgehead atoms. The van der Waals surface area contributed by atoms with Gasteiger partial charge in [0.05, 0.1) is 6.67 Å². The molecule has 3 amide bonds. The summed E-state index contributed by atoms with van der Waals surface area (Å²) >= 11 is 0. The lowest BCUT2D eigenvalue weighted by Crippen LogP contribution is -2.48. The molecule has 25 heavy (non-hydrogen) atoms. The molecule has 2 saturated heterocycles. The Morgan fingerprint density at radius 3 is 2.68 bits per heavy atom. The average molecular weight is 344 g/mol. The summed E-state index contributed by atoms with van der Waals surface area (Å²) in [6.45, 7) is 8.25. The van der Waals surface area contributed by atoms with Crippen LogP contribution in [0.25, 0.3) is 0 Å². The second-order valence-electron chi connectivity index (χ2n) is 7.08. The van der Waals surface area contributed by atoms with E-state index < -0.39 is 0 Å². The standard InChI is InChI=1S/C19H28N4O2/c1-3-22-14-23(13-18(22)24)19(25)20-17-7-9-21(10-8-17)12-16-6-4-5-15(2)11-16/h4-6,11,17H,3,7-10,12-14H2,1-2H3,(H,20,25). The third-order valence-electron chi connectivity index (χ3n) is 5.09. The summed E-state index contributed by atoms with van der Waals surface area (Å²) in [6.07, 6.45) is 1.91. The van der Waals surface area contributed by atoms with Gasteiger partial charge < -0.3 is 10.2 Å². The first-order valence-electron chi connectivity index (χ1n) is 9.16. The molecule has 0 saturated carbocycles. The number of likely N-dealkylation sites (N-methyl/N-ethyl adjacent to an activating group) is 1. The van der Waals surface area contributed by atoms with Crippen molar-refractivity contribution in [3.63, 3.8) is 0 Å². The Hall–Kier alpha value is -2.08.